The fourth-order valence-electron chi connectivity index (χ4n) is 10.4. The largest absolute Gasteiger partial charge is 0.462 e. The van der Waals surface area contributed by atoms with Gasteiger partial charge in [0.25, 0.3) is 0 Å². The van der Waals surface area contributed by atoms with Crippen LogP contribution in [0.1, 0.15) is 209 Å². The molecule has 2 saturated heterocycles. The molecule has 5 aliphatic rings. The first-order valence-electron chi connectivity index (χ1n) is 29.2. The van der Waals surface area contributed by atoms with Gasteiger partial charge in [-0.25, -0.2) is 0 Å². The number of esters is 5. The number of halogens is 8. The molecular weight excluding hydrogens is 1130 g/mol. The summed E-state index contributed by atoms with van der Waals surface area (Å²) in [7, 11) is 0. The zero-order chi connectivity index (χ0) is 65.9. The average Bonchev–Trinajstić information content (AvgIpc) is 1.85. The Labute approximate surface area is 491 Å². The van der Waals surface area contributed by atoms with Gasteiger partial charge in [-0.2, -0.15) is 35.1 Å². The molecule has 4 unspecified atom stereocenters. The summed E-state index contributed by atoms with van der Waals surface area (Å²) in [6, 6.07) is 0. The molecule has 0 aromatic heterocycles. The van der Waals surface area contributed by atoms with E-state index in [1.807, 2.05) is 90.0 Å². The minimum atomic E-state index is -5.74. The lowest BCUT2D eigenvalue weighted by atomic mass is 9.65. The molecule has 5 fully saturated rings. The fourth-order valence-corrected chi connectivity index (χ4v) is 10.4. The van der Waals surface area contributed by atoms with Crippen LogP contribution in [-0.4, -0.2) is 140 Å². The van der Waals surface area contributed by atoms with Gasteiger partial charge in [0.1, 0.15) is 24.9 Å². The van der Waals surface area contributed by atoms with E-state index >= 15 is 0 Å². The van der Waals surface area contributed by atoms with Crippen molar-refractivity contribution in [3.05, 3.63) is 0 Å². The number of carbonyl (C=O) groups is 5. The number of ether oxygens (including phenoxy) is 7. The molecule has 84 heavy (non-hydrogen) atoms. The van der Waals surface area contributed by atoms with E-state index in [-0.39, 0.29) is 85.3 Å². The molecule has 2 aliphatic heterocycles. The van der Waals surface area contributed by atoms with Crippen molar-refractivity contribution in [1.82, 2.24) is 0 Å². The van der Waals surface area contributed by atoms with Gasteiger partial charge in [0, 0.05) is 5.92 Å². The van der Waals surface area contributed by atoms with E-state index in [9.17, 15) is 79.5 Å². The number of fused-ring (bicyclic) bond motifs is 2. The van der Waals surface area contributed by atoms with Crippen molar-refractivity contribution in [3.8, 4) is 0 Å². The Balaban J connectivity index is 0.000000390. The Hall–Kier alpha value is -3.45. The average molecular weight is 1230 g/mol. The first-order chi connectivity index (χ1) is 37.5. The lowest BCUT2D eigenvalue weighted by molar-refractivity contribution is -0.409. The number of cyclic esters (lactones) is 1. The Kier molecular flexibility index (Phi) is 24.7. The quantitative estimate of drug-likeness (QED) is 0.0568. The van der Waals surface area contributed by atoms with Crippen molar-refractivity contribution in [1.29, 1.82) is 0 Å². The maximum atomic E-state index is 14.0. The first kappa shape index (κ1) is 76.6. The van der Waals surface area contributed by atoms with Crippen LogP contribution in [0.25, 0.3) is 0 Å². The third-order valence-electron chi connectivity index (χ3n) is 18.3. The summed E-state index contributed by atoms with van der Waals surface area (Å²) in [5, 5.41) is 40.0. The summed E-state index contributed by atoms with van der Waals surface area (Å²) in [4.78, 5) is 58.7. The highest BCUT2D eigenvalue weighted by Crippen LogP contribution is 2.60. The van der Waals surface area contributed by atoms with Gasteiger partial charge in [-0.1, -0.05) is 27.7 Å². The van der Waals surface area contributed by atoms with Crippen LogP contribution in [0.15, 0.2) is 0 Å². The topological polar surface area (TPSA) is 231 Å². The van der Waals surface area contributed by atoms with Gasteiger partial charge in [-0.3, -0.25) is 24.0 Å². The summed E-state index contributed by atoms with van der Waals surface area (Å²) in [6.07, 6.45) is -4.11. The SMILES string of the molecule is CCC(C)(C)C(=O)OC1(C)COC(O)(C(F)(F)F)C1(F)F.CCC(C)(C)C(=O)OC1CCC(C(C)(C)OCC(C)(O)C(F)(F)F)CC1.CCC(C)(C)C(=O)OC1COC(=O)C1.CCC(C)(C)C(=O)O[C@H]1C[C@H]2C[C@@H]1[C@H](C(C)(C)O)[C@@H]2C(C)(C)O. The van der Waals surface area contributed by atoms with Gasteiger partial charge in [0.2, 0.25) is 5.60 Å². The zero-order valence-corrected chi connectivity index (χ0v) is 53.2. The minimum absolute atomic E-state index is 0.0423. The van der Waals surface area contributed by atoms with Gasteiger partial charge < -0.3 is 53.6 Å². The lowest BCUT2D eigenvalue weighted by Gasteiger charge is -2.46. The van der Waals surface area contributed by atoms with E-state index in [0.29, 0.717) is 51.4 Å². The van der Waals surface area contributed by atoms with Crippen molar-refractivity contribution in [2.24, 2.45) is 51.2 Å². The van der Waals surface area contributed by atoms with Gasteiger partial charge in [-0.15, -0.1) is 0 Å². The number of hydrogen-bond donors (Lipinski definition) is 4. The predicted octanol–water partition coefficient (Wildman–Crippen LogP) is 11.7. The van der Waals surface area contributed by atoms with Crippen LogP contribution in [0.3, 0.4) is 0 Å². The van der Waals surface area contributed by atoms with Gasteiger partial charge in [-0.05, 0) is 199 Å². The summed E-state index contributed by atoms with van der Waals surface area (Å²) in [5.74, 6) is -11.1. The molecule has 9 atom stereocenters. The molecule has 4 N–H and O–H groups in total. The number of alkyl halides is 8. The molecule has 0 spiro atoms. The van der Waals surface area contributed by atoms with Gasteiger partial charge in [0.05, 0.1) is 58.1 Å². The standard InChI is InChI=1S/C19H33F3O4.C19H34O4.C12H17F5O4.C10H16O4/c1-7-16(2,3)15(23)26-14-10-8-13(9-11-14)17(4,5)25-12-18(6,24)19(20,21)22;1-8-17(2,3)16(20)23-13-10-11-9-12(13)15(19(6,7)22)14(11)18(4,5)21;1-5-8(2,3)7(18)21-9(4)6-20-11(19,10(9,13)14)12(15,16)17;1-4-10(2,3)9(12)14-7-5-8(11)13-6-7/h13-14,24H,7-12H2,1-6H3;11-15,21-22H,8-10H2,1-7H3;19H,5-6H2,1-4H3;7H,4-6H2,1-3H3/t;11-,12+,13+,14-,15+;;/m.1../s1. The molecule has 2 bridgehead atoms. The molecule has 16 nitrogen and oxygen atoms in total. The van der Waals surface area contributed by atoms with Crippen LogP contribution in [0.4, 0.5) is 35.1 Å². The summed E-state index contributed by atoms with van der Waals surface area (Å²) >= 11 is 0. The van der Waals surface area contributed by atoms with E-state index < -0.39 is 92.9 Å². The van der Waals surface area contributed by atoms with Crippen LogP contribution < -0.4 is 0 Å². The van der Waals surface area contributed by atoms with Gasteiger partial charge >= 0.3 is 53.9 Å². The van der Waals surface area contributed by atoms with Crippen molar-refractivity contribution < 1.29 is 113 Å². The predicted molar refractivity (Wildman–Crippen MR) is 292 cm³/mol. The smallest absolute Gasteiger partial charge is 0.449 e. The van der Waals surface area contributed by atoms with Crippen molar-refractivity contribution in [3.63, 3.8) is 0 Å². The third-order valence-corrected chi connectivity index (χ3v) is 18.3. The van der Waals surface area contributed by atoms with Crippen LogP contribution in [0.5, 0.6) is 0 Å². The molecule has 0 aromatic rings. The second-order valence-electron chi connectivity index (χ2n) is 28.2. The highest BCUT2D eigenvalue weighted by Gasteiger charge is 2.83. The molecule has 3 aliphatic carbocycles. The molecule has 2 heterocycles. The number of hydrogen-bond acceptors (Lipinski definition) is 16. The molecule has 0 amide bonds. The van der Waals surface area contributed by atoms with Crippen LogP contribution in [0, 0.1) is 51.2 Å². The Morgan fingerprint density at radius 2 is 1.02 bits per heavy atom. The minimum Gasteiger partial charge on any atom is -0.462 e. The van der Waals surface area contributed by atoms with E-state index in [1.54, 1.807) is 20.8 Å². The molecule has 492 valence electrons. The Bertz CT molecular complexity index is 2220. The Morgan fingerprint density at radius 1 is 0.607 bits per heavy atom. The second-order valence-corrected chi connectivity index (χ2v) is 28.2. The van der Waals surface area contributed by atoms with Crippen LogP contribution in [-0.2, 0) is 57.1 Å². The number of carbonyl (C=O) groups excluding carboxylic acids is 5. The fraction of sp³-hybridized carbons (Fsp3) is 0.917. The van der Waals surface area contributed by atoms with E-state index in [1.165, 1.54) is 13.8 Å². The summed E-state index contributed by atoms with van der Waals surface area (Å²) < 4.78 is 139. The monoisotopic (exact) mass is 1230 g/mol. The van der Waals surface area contributed by atoms with Crippen LogP contribution >= 0.6 is 0 Å². The van der Waals surface area contributed by atoms with Crippen molar-refractivity contribution >= 4 is 29.8 Å². The zero-order valence-electron chi connectivity index (χ0n) is 53.2. The molecular formula is C60H100F8O16. The highest BCUT2D eigenvalue weighted by molar-refractivity contribution is 5.78. The van der Waals surface area contributed by atoms with Crippen molar-refractivity contribution in [2.75, 3.05) is 19.8 Å². The summed E-state index contributed by atoms with van der Waals surface area (Å²) in [6.45, 7) is 31.7. The van der Waals surface area contributed by atoms with Crippen LogP contribution in [0.2, 0.25) is 0 Å². The normalized spacial score (nSPS) is 29.1. The number of rotatable bonds is 18. The lowest BCUT2D eigenvalue weighted by Crippen LogP contribution is -2.63. The van der Waals surface area contributed by atoms with E-state index in [2.05, 4.69) is 9.47 Å². The molecule has 0 aromatic carbocycles. The molecule has 24 heteroatoms. The first-order valence-corrected chi connectivity index (χ1v) is 29.2. The molecule has 3 saturated carbocycles. The second kappa shape index (κ2) is 27.1. The van der Waals surface area contributed by atoms with Gasteiger partial charge in [0.15, 0.2) is 5.60 Å². The van der Waals surface area contributed by atoms with E-state index in [4.69, 9.17) is 23.7 Å². The third kappa shape index (κ3) is 18.3. The highest BCUT2D eigenvalue weighted by atomic mass is 19.4. The summed E-state index contributed by atoms with van der Waals surface area (Å²) in [5.41, 5.74) is -10.9. The van der Waals surface area contributed by atoms with E-state index in [0.717, 1.165) is 26.2 Å². The maximum absolute atomic E-state index is 14.0. The molecule has 5 rings (SSSR count). The number of aliphatic hydroxyl groups is 4. The van der Waals surface area contributed by atoms with Crippen molar-refractivity contribution in [2.45, 2.75) is 279 Å². The molecule has 0 radical (unpaired) electrons. The maximum Gasteiger partial charge on any atom is 0.449 e. The Morgan fingerprint density at radius 3 is 1.39 bits per heavy atom.